The lowest BCUT2D eigenvalue weighted by molar-refractivity contribution is 0.0971. The van der Waals surface area contributed by atoms with Crippen molar-refractivity contribution >= 4 is 5.78 Å². The van der Waals surface area contributed by atoms with Crippen LogP contribution in [-0.4, -0.2) is 11.8 Å². The Bertz CT molecular complexity index is 446. The first-order valence-electron chi connectivity index (χ1n) is 7.13. The van der Waals surface area contributed by atoms with Gasteiger partial charge in [0.2, 0.25) is 0 Å². The van der Waals surface area contributed by atoms with Gasteiger partial charge < -0.3 is 5.73 Å². The van der Waals surface area contributed by atoms with Crippen LogP contribution >= 0.6 is 0 Å². The fourth-order valence-corrected chi connectivity index (χ4v) is 2.73. The molecule has 2 aliphatic carbocycles. The molecule has 2 heteroatoms. The second-order valence-corrected chi connectivity index (χ2v) is 5.88. The van der Waals surface area contributed by atoms with Gasteiger partial charge in [0.1, 0.15) is 0 Å². The summed E-state index contributed by atoms with van der Waals surface area (Å²) in [4.78, 5) is 12.2. The van der Waals surface area contributed by atoms with Gasteiger partial charge in [-0.3, -0.25) is 4.79 Å². The maximum Gasteiger partial charge on any atom is 0.164 e. The first kappa shape index (κ1) is 11.9. The minimum atomic E-state index is 0.0739. The van der Waals surface area contributed by atoms with Gasteiger partial charge in [0, 0.05) is 18.0 Å². The van der Waals surface area contributed by atoms with E-state index in [0.717, 1.165) is 5.56 Å². The minimum absolute atomic E-state index is 0.0739. The van der Waals surface area contributed by atoms with Crippen LogP contribution < -0.4 is 5.73 Å². The molecule has 0 saturated heterocycles. The monoisotopic (exact) mass is 243 g/mol. The fraction of sp³-hybridized carbons (Fsp3) is 0.562. The van der Waals surface area contributed by atoms with Crippen LogP contribution in [0.15, 0.2) is 24.3 Å². The van der Waals surface area contributed by atoms with Gasteiger partial charge in [0.25, 0.3) is 0 Å². The number of carbonyl (C=O) groups excluding carboxylic acids is 1. The number of rotatable bonds is 5. The van der Waals surface area contributed by atoms with Gasteiger partial charge in [-0.1, -0.05) is 24.6 Å². The third kappa shape index (κ3) is 2.49. The van der Waals surface area contributed by atoms with E-state index in [0.29, 0.717) is 18.3 Å². The summed E-state index contributed by atoms with van der Waals surface area (Å²) in [5.41, 5.74) is 8.23. The molecule has 0 amide bonds. The number of ketones is 1. The molecular weight excluding hydrogens is 222 g/mol. The lowest BCUT2D eigenvalue weighted by Crippen LogP contribution is -2.26. The van der Waals surface area contributed by atoms with Crippen molar-refractivity contribution in [3.05, 3.63) is 35.4 Å². The normalized spacial score (nSPS) is 21.4. The summed E-state index contributed by atoms with van der Waals surface area (Å²) in [6, 6.07) is 8.27. The van der Waals surface area contributed by atoms with Gasteiger partial charge in [-0.2, -0.15) is 0 Å². The summed E-state index contributed by atoms with van der Waals surface area (Å²) in [5, 5.41) is 0. The lowest BCUT2D eigenvalue weighted by Gasteiger charge is -2.26. The van der Waals surface area contributed by atoms with Crippen molar-refractivity contribution in [3.8, 4) is 0 Å². The van der Waals surface area contributed by atoms with E-state index in [2.05, 4.69) is 12.1 Å². The van der Waals surface area contributed by atoms with E-state index < -0.39 is 0 Å². The van der Waals surface area contributed by atoms with Crippen LogP contribution in [-0.2, 0) is 0 Å². The molecule has 1 aromatic carbocycles. The van der Waals surface area contributed by atoms with Crippen LogP contribution in [0, 0.1) is 5.92 Å². The molecule has 2 fully saturated rings. The van der Waals surface area contributed by atoms with Crippen LogP contribution in [0.2, 0.25) is 0 Å². The third-order valence-corrected chi connectivity index (χ3v) is 4.43. The fourth-order valence-electron chi connectivity index (χ4n) is 2.73. The summed E-state index contributed by atoms with van der Waals surface area (Å²) in [6.07, 6.45) is 6.81. The Kier molecular flexibility index (Phi) is 3.21. The van der Waals surface area contributed by atoms with Gasteiger partial charge in [-0.25, -0.2) is 0 Å². The Morgan fingerprint density at radius 1 is 1.28 bits per heavy atom. The Labute approximate surface area is 109 Å². The summed E-state index contributed by atoms with van der Waals surface area (Å²) in [5.74, 6) is 1.51. The van der Waals surface area contributed by atoms with Crippen molar-refractivity contribution in [1.82, 2.24) is 0 Å². The van der Waals surface area contributed by atoms with E-state index in [1.165, 1.54) is 37.7 Å². The Balaban J connectivity index is 1.68. The van der Waals surface area contributed by atoms with Gasteiger partial charge in [0.15, 0.2) is 5.78 Å². The SMILES string of the molecule is NC(CC(=O)c1cccc(C2CCC2)c1)C1CC1. The van der Waals surface area contributed by atoms with Crippen LogP contribution in [0.3, 0.4) is 0 Å². The van der Waals surface area contributed by atoms with Gasteiger partial charge in [-0.05, 0) is 49.1 Å². The highest BCUT2D eigenvalue weighted by molar-refractivity contribution is 5.96. The number of hydrogen-bond donors (Lipinski definition) is 1. The van der Waals surface area contributed by atoms with E-state index in [1.54, 1.807) is 0 Å². The first-order chi connectivity index (χ1) is 8.74. The molecule has 18 heavy (non-hydrogen) atoms. The summed E-state index contributed by atoms with van der Waals surface area (Å²) in [7, 11) is 0. The van der Waals surface area contributed by atoms with Gasteiger partial charge >= 0.3 is 0 Å². The molecule has 0 spiro atoms. The standard InChI is InChI=1S/C16H21NO/c17-15(12-7-8-12)10-16(18)14-6-2-5-13(9-14)11-3-1-4-11/h2,5-6,9,11-12,15H,1,3-4,7-8,10,17H2. The maximum atomic E-state index is 12.2. The molecule has 0 bridgehead atoms. The summed E-state index contributed by atoms with van der Waals surface area (Å²) < 4.78 is 0. The highest BCUT2D eigenvalue weighted by atomic mass is 16.1. The Hall–Kier alpha value is -1.15. The number of hydrogen-bond acceptors (Lipinski definition) is 2. The quantitative estimate of drug-likeness (QED) is 0.807. The van der Waals surface area contributed by atoms with Gasteiger partial charge in [0.05, 0.1) is 0 Å². The Morgan fingerprint density at radius 2 is 2.06 bits per heavy atom. The molecule has 0 aliphatic heterocycles. The molecule has 1 unspecified atom stereocenters. The third-order valence-electron chi connectivity index (χ3n) is 4.43. The van der Waals surface area contributed by atoms with E-state index in [9.17, 15) is 4.79 Å². The molecule has 2 aliphatic rings. The first-order valence-corrected chi connectivity index (χ1v) is 7.13. The second-order valence-electron chi connectivity index (χ2n) is 5.88. The highest BCUT2D eigenvalue weighted by Gasteiger charge is 2.30. The van der Waals surface area contributed by atoms with E-state index in [-0.39, 0.29) is 11.8 Å². The summed E-state index contributed by atoms with van der Waals surface area (Å²) >= 11 is 0. The molecule has 2 saturated carbocycles. The predicted octanol–water partition coefficient (Wildman–Crippen LogP) is 3.26. The lowest BCUT2D eigenvalue weighted by atomic mass is 9.79. The smallest absolute Gasteiger partial charge is 0.164 e. The zero-order valence-electron chi connectivity index (χ0n) is 10.8. The molecule has 2 nitrogen and oxygen atoms in total. The van der Waals surface area contributed by atoms with Crippen LogP contribution in [0.4, 0.5) is 0 Å². The topological polar surface area (TPSA) is 43.1 Å². The molecule has 0 heterocycles. The molecule has 1 atom stereocenters. The zero-order valence-corrected chi connectivity index (χ0v) is 10.8. The largest absolute Gasteiger partial charge is 0.327 e. The van der Waals surface area contributed by atoms with Crippen LogP contribution in [0.1, 0.15) is 60.4 Å². The number of benzene rings is 1. The van der Waals surface area contributed by atoms with E-state index in [1.807, 2.05) is 12.1 Å². The second kappa shape index (κ2) is 4.85. The number of Topliss-reactive ketones (excluding diaryl/α,β-unsaturated/α-hetero) is 1. The molecule has 2 N–H and O–H groups in total. The van der Waals surface area contributed by atoms with Crippen molar-refractivity contribution in [2.75, 3.05) is 0 Å². The van der Waals surface area contributed by atoms with Gasteiger partial charge in [-0.15, -0.1) is 0 Å². The van der Waals surface area contributed by atoms with Crippen LogP contribution in [0.5, 0.6) is 0 Å². The maximum absolute atomic E-state index is 12.2. The predicted molar refractivity (Wildman–Crippen MR) is 72.7 cm³/mol. The average molecular weight is 243 g/mol. The number of carbonyl (C=O) groups is 1. The van der Waals surface area contributed by atoms with Crippen molar-refractivity contribution in [3.63, 3.8) is 0 Å². The summed E-state index contributed by atoms with van der Waals surface area (Å²) in [6.45, 7) is 0. The number of nitrogens with two attached hydrogens (primary N) is 1. The van der Waals surface area contributed by atoms with E-state index >= 15 is 0 Å². The zero-order chi connectivity index (χ0) is 12.5. The molecule has 0 aromatic heterocycles. The van der Waals surface area contributed by atoms with Crippen molar-refractivity contribution in [1.29, 1.82) is 0 Å². The van der Waals surface area contributed by atoms with Crippen molar-refractivity contribution in [2.45, 2.75) is 50.5 Å². The van der Waals surface area contributed by atoms with Crippen molar-refractivity contribution in [2.24, 2.45) is 11.7 Å². The van der Waals surface area contributed by atoms with Crippen LogP contribution in [0.25, 0.3) is 0 Å². The molecule has 0 radical (unpaired) electrons. The molecule has 1 aromatic rings. The highest BCUT2D eigenvalue weighted by Crippen LogP contribution is 2.37. The molecule has 3 rings (SSSR count). The average Bonchev–Trinajstić information content (AvgIpc) is 3.10. The van der Waals surface area contributed by atoms with E-state index in [4.69, 9.17) is 5.73 Å². The Morgan fingerprint density at radius 3 is 2.67 bits per heavy atom. The van der Waals surface area contributed by atoms with Crippen molar-refractivity contribution < 1.29 is 4.79 Å². The molecule has 96 valence electrons. The minimum Gasteiger partial charge on any atom is -0.327 e. The molecular formula is C16H21NO.